The van der Waals surface area contributed by atoms with E-state index in [-0.39, 0.29) is 25.0 Å². The van der Waals surface area contributed by atoms with Crippen LogP contribution in [-0.4, -0.2) is 31.0 Å². The van der Waals surface area contributed by atoms with Crippen molar-refractivity contribution < 1.29 is 14.3 Å². The zero-order valence-electron chi connectivity index (χ0n) is 12.5. The van der Waals surface area contributed by atoms with E-state index >= 15 is 0 Å². The third-order valence-corrected chi connectivity index (χ3v) is 4.70. The van der Waals surface area contributed by atoms with Crippen molar-refractivity contribution in [1.82, 2.24) is 5.32 Å². The summed E-state index contributed by atoms with van der Waals surface area (Å²) in [6, 6.07) is 7.67. The molecule has 1 heterocycles. The van der Waals surface area contributed by atoms with Crippen LogP contribution in [0.2, 0.25) is 0 Å². The van der Waals surface area contributed by atoms with E-state index < -0.39 is 0 Å². The van der Waals surface area contributed by atoms with Crippen LogP contribution in [0.25, 0.3) is 0 Å². The molecule has 0 unspecified atom stereocenters. The number of carbonyl (C=O) groups is 2. The van der Waals surface area contributed by atoms with Crippen molar-refractivity contribution >= 4 is 17.5 Å². The fourth-order valence-electron chi connectivity index (χ4n) is 3.23. The fraction of sp³-hybridized carbons (Fsp3) is 0.529. The molecular formula is C17H20N2O3. The molecule has 0 atom stereocenters. The van der Waals surface area contributed by atoms with Gasteiger partial charge < -0.3 is 10.1 Å². The lowest BCUT2D eigenvalue weighted by Crippen LogP contribution is -2.48. The largest absolute Gasteiger partial charge is 0.482 e. The number of hydrogen-bond donors (Lipinski definition) is 1. The number of carbonyl (C=O) groups excluding carboxylic acids is 2. The predicted octanol–water partition coefficient (Wildman–Crippen LogP) is 1.72. The number of fused-ring (bicyclic) bond motifs is 1. The third kappa shape index (κ3) is 2.67. The molecule has 1 aliphatic heterocycles. The molecule has 5 nitrogen and oxygen atoms in total. The van der Waals surface area contributed by atoms with Gasteiger partial charge in [-0.1, -0.05) is 12.1 Å². The molecule has 0 spiro atoms. The molecule has 1 aromatic carbocycles. The number of nitrogens with one attached hydrogen (secondary N) is 1. The van der Waals surface area contributed by atoms with E-state index in [9.17, 15) is 9.59 Å². The molecule has 2 amide bonds. The van der Waals surface area contributed by atoms with Crippen LogP contribution < -0.4 is 15.0 Å². The van der Waals surface area contributed by atoms with Gasteiger partial charge in [-0.3, -0.25) is 14.5 Å². The summed E-state index contributed by atoms with van der Waals surface area (Å²) in [5.41, 5.74) is 0.684. The summed E-state index contributed by atoms with van der Waals surface area (Å²) in [4.78, 5) is 26.0. The number of nitrogens with zero attached hydrogens (tertiary/aromatic N) is 1. The number of hydrogen-bond acceptors (Lipinski definition) is 3. The van der Waals surface area contributed by atoms with E-state index in [1.54, 1.807) is 0 Å². The molecule has 4 rings (SSSR count). The molecule has 1 N–H and O–H groups in total. The smallest absolute Gasteiger partial charge is 0.265 e. The first-order valence-corrected chi connectivity index (χ1v) is 8.04. The minimum atomic E-state index is -0.164. The standard InChI is InChI=1S/C17H20N2O3/c20-15(18-17(11-5-6-11)12-7-8-12)9-19-13-3-1-2-4-14(13)22-10-16(19)21/h1-4,11-12,17H,5-10H2,(H,18,20). The molecule has 1 aromatic rings. The Hall–Kier alpha value is -2.04. The van der Waals surface area contributed by atoms with Crippen LogP contribution in [0.4, 0.5) is 5.69 Å². The number of benzene rings is 1. The van der Waals surface area contributed by atoms with Gasteiger partial charge in [-0.05, 0) is 49.7 Å². The van der Waals surface area contributed by atoms with Gasteiger partial charge in [0, 0.05) is 6.04 Å². The predicted molar refractivity (Wildman–Crippen MR) is 81.7 cm³/mol. The zero-order valence-corrected chi connectivity index (χ0v) is 12.5. The Labute approximate surface area is 129 Å². The Bertz CT molecular complexity index is 596. The van der Waals surface area contributed by atoms with Crippen molar-refractivity contribution in [3.8, 4) is 5.75 Å². The van der Waals surface area contributed by atoms with Crippen LogP contribution in [0.3, 0.4) is 0 Å². The number of ether oxygens (including phenoxy) is 1. The second-order valence-electron chi connectivity index (χ2n) is 6.50. The lowest BCUT2D eigenvalue weighted by Gasteiger charge is -2.29. The maximum absolute atomic E-state index is 12.4. The molecule has 5 heteroatoms. The van der Waals surface area contributed by atoms with Gasteiger partial charge in [0.25, 0.3) is 5.91 Å². The highest BCUT2D eigenvalue weighted by Crippen LogP contribution is 2.44. The Morgan fingerprint density at radius 3 is 2.59 bits per heavy atom. The maximum Gasteiger partial charge on any atom is 0.265 e. The van der Waals surface area contributed by atoms with E-state index in [1.807, 2.05) is 24.3 Å². The minimum Gasteiger partial charge on any atom is -0.482 e. The van der Waals surface area contributed by atoms with E-state index in [0.29, 0.717) is 29.3 Å². The van der Waals surface area contributed by atoms with Crippen molar-refractivity contribution in [3.05, 3.63) is 24.3 Å². The Kier molecular flexibility index (Phi) is 3.28. The van der Waals surface area contributed by atoms with Crippen LogP contribution in [0, 0.1) is 11.8 Å². The summed E-state index contributed by atoms with van der Waals surface area (Å²) in [6.45, 7) is 0.0775. The summed E-state index contributed by atoms with van der Waals surface area (Å²) < 4.78 is 5.40. The van der Waals surface area contributed by atoms with Gasteiger partial charge in [-0.15, -0.1) is 0 Å². The SMILES string of the molecule is O=C(CN1C(=O)COc2ccccc21)NC(C1CC1)C1CC1. The average Bonchev–Trinajstić information content (AvgIpc) is 3.39. The van der Waals surface area contributed by atoms with Gasteiger partial charge in [0.15, 0.2) is 6.61 Å². The van der Waals surface area contributed by atoms with Crippen LogP contribution in [-0.2, 0) is 9.59 Å². The lowest BCUT2D eigenvalue weighted by atomic mass is 10.1. The summed E-state index contributed by atoms with van der Waals surface area (Å²) >= 11 is 0. The maximum atomic E-state index is 12.4. The summed E-state index contributed by atoms with van der Waals surface area (Å²) in [7, 11) is 0. The summed E-state index contributed by atoms with van der Waals surface area (Å²) in [6.07, 6.45) is 4.89. The number of para-hydroxylation sites is 2. The molecule has 3 aliphatic rings. The van der Waals surface area contributed by atoms with E-state index in [2.05, 4.69) is 5.32 Å². The molecule has 0 aromatic heterocycles. The van der Waals surface area contributed by atoms with Gasteiger partial charge in [-0.2, -0.15) is 0 Å². The van der Waals surface area contributed by atoms with Gasteiger partial charge in [-0.25, -0.2) is 0 Å². The van der Waals surface area contributed by atoms with Gasteiger partial charge in [0.05, 0.1) is 5.69 Å². The highest BCUT2D eigenvalue weighted by molar-refractivity contribution is 6.02. The van der Waals surface area contributed by atoms with Gasteiger partial charge in [0.2, 0.25) is 5.91 Å². The first kappa shape index (κ1) is 13.6. The van der Waals surface area contributed by atoms with Gasteiger partial charge in [0.1, 0.15) is 12.3 Å². The van der Waals surface area contributed by atoms with E-state index in [4.69, 9.17) is 4.74 Å². The molecular weight excluding hydrogens is 280 g/mol. The Morgan fingerprint density at radius 2 is 1.91 bits per heavy atom. The number of anilines is 1. The zero-order chi connectivity index (χ0) is 15.1. The minimum absolute atomic E-state index is 0.00102. The van der Waals surface area contributed by atoms with E-state index in [1.165, 1.54) is 30.6 Å². The number of amides is 2. The molecule has 2 fully saturated rings. The molecule has 22 heavy (non-hydrogen) atoms. The summed E-state index contributed by atoms with van der Waals surface area (Å²) in [5, 5.41) is 3.17. The quantitative estimate of drug-likeness (QED) is 0.900. The van der Waals surface area contributed by atoms with Crippen molar-refractivity contribution in [2.24, 2.45) is 11.8 Å². The van der Waals surface area contributed by atoms with Crippen molar-refractivity contribution in [2.75, 3.05) is 18.1 Å². The van der Waals surface area contributed by atoms with Crippen LogP contribution in [0.15, 0.2) is 24.3 Å². The topological polar surface area (TPSA) is 58.6 Å². The van der Waals surface area contributed by atoms with E-state index in [0.717, 1.165) is 0 Å². The summed E-state index contributed by atoms with van der Waals surface area (Å²) in [5.74, 6) is 1.75. The highest BCUT2D eigenvalue weighted by Gasteiger charge is 2.42. The van der Waals surface area contributed by atoms with Crippen molar-refractivity contribution in [3.63, 3.8) is 0 Å². The Balaban J connectivity index is 1.45. The fourth-order valence-corrected chi connectivity index (χ4v) is 3.23. The lowest BCUT2D eigenvalue weighted by molar-refractivity contribution is -0.125. The molecule has 0 radical (unpaired) electrons. The molecule has 2 saturated carbocycles. The van der Waals surface area contributed by atoms with Crippen molar-refractivity contribution in [1.29, 1.82) is 0 Å². The monoisotopic (exact) mass is 300 g/mol. The van der Waals surface area contributed by atoms with Crippen LogP contribution in [0.1, 0.15) is 25.7 Å². The number of rotatable bonds is 5. The molecule has 0 saturated heterocycles. The van der Waals surface area contributed by atoms with Crippen LogP contribution in [0.5, 0.6) is 5.75 Å². The normalized spacial score (nSPS) is 20.6. The second-order valence-corrected chi connectivity index (χ2v) is 6.50. The first-order chi connectivity index (χ1) is 10.7. The molecule has 2 aliphatic carbocycles. The molecule has 116 valence electrons. The molecule has 0 bridgehead atoms. The van der Waals surface area contributed by atoms with Gasteiger partial charge >= 0.3 is 0 Å². The first-order valence-electron chi connectivity index (χ1n) is 8.04. The average molecular weight is 300 g/mol. The second kappa shape index (κ2) is 5.30. The highest BCUT2D eigenvalue weighted by atomic mass is 16.5. The Morgan fingerprint density at radius 1 is 1.23 bits per heavy atom. The van der Waals surface area contributed by atoms with Crippen molar-refractivity contribution in [2.45, 2.75) is 31.7 Å². The third-order valence-electron chi connectivity index (χ3n) is 4.70. The van der Waals surface area contributed by atoms with Crippen LogP contribution >= 0.6 is 0 Å².